The van der Waals surface area contributed by atoms with Crippen LogP contribution in [0.2, 0.25) is 0 Å². The van der Waals surface area contributed by atoms with Gasteiger partial charge in [0.2, 0.25) is 0 Å². The van der Waals surface area contributed by atoms with Gasteiger partial charge in [0.05, 0.1) is 12.4 Å². The van der Waals surface area contributed by atoms with Crippen molar-refractivity contribution in [3.63, 3.8) is 0 Å². The van der Waals surface area contributed by atoms with Crippen LogP contribution in [-0.4, -0.2) is 19.3 Å². The summed E-state index contributed by atoms with van der Waals surface area (Å²) >= 11 is 0. The van der Waals surface area contributed by atoms with E-state index in [1.54, 1.807) is 0 Å². The maximum atomic E-state index is 5.68. The van der Waals surface area contributed by atoms with Gasteiger partial charge in [-0.1, -0.05) is 19.4 Å². The maximum Gasteiger partial charge on any atom is 0.116 e. The van der Waals surface area contributed by atoms with Crippen molar-refractivity contribution >= 4 is 0 Å². The topological polar surface area (TPSA) is 21.8 Å². The number of rotatable bonds is 5. The molecule has 0 aromatic rings. The first-order valence-electron chi connectivity index (χ1n) is 5.52. The fourth-order valence-corrected chi connectivity index (χ4v) is 1.68. The molecule has 1 fully saturated rings. The van der Waals surface area contributed by atoms with Crippen LogP contribution in [0.4, 0.5) is 0 Å². The molecule has 0 saturated carbocycles. The van der Waals surface area contributed by atoms with E-state index in [-0.39, 0.29) is 0 Å². The lowest BCUT2D eigenvalue weighted by Gasteiger charge is -2.14. The van der Waals surface area contributed by atoms with Gasteiger partial charge in [0.15, 0.2) is 0 Å². The third-order valence-corrected chi connectivity index (χ3v) is 2.54. The number of hydrogen-bond donors (Lipinski definition) is 0. The molecule has 14 heavy (non-hydrogen) atoms. The Morgan fingerprint density at radius 1 is 1.57 bits per heavy atom. The predicted molar refractivity (Wildman–Crippen MR) is 56.0 cm³/mol. The molecule has 2 rings (SSSR count). The van der Waals surface area contributed by atoms with E-state index >= 15 is 0 Å². The van der Waals surface area contributed by atoms with Gasteiger partial charge in [0, 0.05) is 6.42 Å². The molecule has 0 radical (unpaired) electrons. The third-order valence-electron chi connectivity index (χ3n) is 2.54. The van der Waals surface area contributed by atoms with Crippen LogP contribution in [0.15, 0.2) is 23.5 Å². The molecule has 1 atom stereocenters. The largest absolute Gasteiger partial charge is 0.495 e. The van der Waals surface area contributed by atoms with E-state index in [9.17, 15) is 0 Å². The van der Waals surface area contributed by atoms with Crippen molar-refractivity contribution in [3.8, 4) is 0 Å². The first-order valence-corrected chi connectivity index (χ1v) is 5.52. The van der Waals surface area contributed by atoms with Gasteiger partial charge < -0.3 is 9.47 Å². The molecule has 0 aromatic carbocycles. The molecule has 2 heteroatoms. The summed E-state index contributed by atoms with van der Waals surface area (Å²) in [7, 11) is 0. The highest BCUT2D eigenvalue weighted by molar-refractivity contribution is 5.25. The lowest BCUT2D eigenvalue weighted by Crippen LogP contribution is -2.03. The second-order valence-electron chi connectivity index (χ2n) is 3.94. The van der Waals surface area contributed by atoms with Gasteiger partial charge in [0.1, 0.15) is 12.7 Å². The Kier molecular flexibility index (Phi) is 3.25. The van der Waals surface area contributed by atoms with Crippen molar-refractivity contribution < 1.29 is 9.47 Å². The highest BCUT2D eigenvalue weighted by Crippen LogP contribution is 2.22. The summed E-state index contributed by atoms with van der Waals surface area (Å²) in [5.74, 6) is 1.14. The Balaban J connectivity index is 1.80. The predicted octanol–water partition coefficient (Wildman–Crippen LogP) is 2.81. The standard InChI is InChI=1S/C12H18O2/c1-2-4-10-5-3-6-11(7-10)13-8-12-9-14-12/h5,7,12H,2-4,6,8-9H2,1H3. The van der Waals surface area contributed by atoms with Crippen molar-refractivity contribution in [2.45, 2.75) is 38.7 Å². The molecule has 78 valence electrons. The van der Waals surface area contributed by atoms with Crippen LogP contribution in [0.1, 0.15) is 32.6 Å². The Morgan fingerprint density at radius 2 is 2.43 bits per heavy atom. The fraction of sp³-hybridized carbons (Fsp3) is 0.667. The van der Waals surface area contributed by atoms with Crippen molar-refractivity contribution in [2.75, 3.05) is 13.2 Å². The van der Waals surface area contributed by atoms with Crippen LogP contribution in [0.5, 0.6) is 0 Å². The van der Waals surface area contributed by atoms with Gasteiger partial charge in [-0.25, -0.2) is 0 Å². The van der Waals surface area contributed by atoms with Crippen LogP contribution in [-0.2, 0) is 9.47 Å². The van der Waals surface area contributed by atoms with Gasteiger partial charge in [-0.3, -0.25) is 0 Å². The second-order valence-corrected chi connectivity index (χ2v) is 3.94. The molecule has 0 amide bonds. The van der Waals surface area contributed by atoms with Crippen LogP contribution < -0.4 is 0 Å². The summed E-state index contributed by atoms with van der Waals surface area (Å²) in [6.45, 7) is 3.83. The lowest BCUT2D eigenvalue weighted by molar-refractivity contribution is 0.174. The molecule has 1 heterocycles. The number of allylic oxidation sites excluding steroid dienone is 4. The fourth-order valence-electron chi connectivity index (χ4n) is 1.68. The average Bonchev–Trinajstić information content (AvgIpc) is 2.99. The summed E-state index contributed by atoms with van der Waals surface area (Å²) in [6, 6.07) is 0. The second kappa shape index (κ2) is 4.65. The van der Waals surface area contributed by atoms with E-state index in [2.05, 4.69) is 19.1 Å². The third kappa shape index (κ3) is 2.88. The molecular weight excluding hydrogens is 176 g/mol. The molecule has 2 nitrogen and oxygen atoms in total. The smallest absolute Gasteiger partial charge is 0.116 e. The molecule has 1 aliphatic heterocycles. The van der Waals surface area contributed by atoms with Crippen molar-refractivity contribution in [1.82, 2.24) is 0 Å². The van der Waals surface area contributed by atoms with E-state index in [1.807, 2.05) is 0 Å². The van der Waals surface area contributed by atoms with Crippen molar-refractivity contribution in [2.24, 2.45) is 0 Å². The molecular formula is C12H18O2. The van der Waals surface area contributed by atoms with Gasteiger partial charge in [-0.15, -0.1) is 0 Å². The molecule has 2 aliphatic rings. The van der Waals surface area contributed by atoms with Gasteiger partial charge in [-0.2, -0.15) is 0 Å². The number of hydrogen-bond acceptors (Lipinski definition) is 2. The summed E-state index contributed by atoms with van der Waals surface area (Å²) < 4.78 is 10.8. The monoisotopic (exact) mass is 194 g/mol. The molecule has 1 saturated heterocycles. The first-order chi connectivity index (χ1) is 6.88. The Hall–Kier alpha value is -0.760. The minimum Gasteiger partial charge on any atom is -0.495 e. The Labute approximate surface area is 85.6 Å². The molecule has 0 aromatic heterocycles. The summed E-state index contributed by atoms with van der Waals surface area (Å²) in [6.07, 6.45) is 9.47. The minimum absolute atomic E-state index is 0.372. The zero-order valence-electron chi connectivity index (χ0n) is 8.79. The van der Waals surface area contributed by atoms with E-state index in [1.165, 1.54) is 18.4 Å². The zero-order chi connectivity index (χ0) is 9.80. The normalized spacial score (nSPS) is 25.4. The lowest BCUT2D eigenvalue weighted by atomic mass is 10.0. The summed E-state index contributed by atoms with van der Waals surface area (Å²) in [4.78, 5) is 0. The van der Waals surface area contributed by atoms with Crippen molar-refractivity contribution in [1.29, 1.82) is 0 Å². The maximum absolute atomic E-state index is 5.68. The Bertz CT molecular complexity index is 249. The van der Waals surface area contributed by atoms with Gasteiger partial charge in [0.25, 0.3) is 0 Å². The van der Waals surface area contributed by atoms with E-state index in [0.29, 0.717) is 6.10 Å². The minimum atomic E-state index is 0.372. The highest BCUT2D eigenvalue weighted by Gasteiger charge is 2.23. The van der Waals surface area contributed by atoms with Crippen molar-refractivity contribution in [3.05, 3.63) is 23.5 Å². The quantitative estimate of drug-likeness (QED) is 0.628. The van der Waals surface area contributed by atoms with Gasteiger partial charge in [-0.05, 0) is 24.5 Å². The van der Waals surface area contributed by atoms with Crippen LogP contribution >= 0.6 is 0 Å². The molecule has 0 bridgehead atoms. The number of ether oxygens (including phenoxy) is 2. The summed E-state index contributed by atoms with van der Waals surface area (Å²) in [5, 5.41) is 0. The number of epoxide rings is 1. The van der Waals surface area contributed by atoms with E-state index < -0.39 is 0 Å². The van der Waals surface area contributed by atoms with E-state index in [0.717, 1.165) is 31.8 Å². The highest BCUT2D eigenvalue weighted by atomic mass is 16.6. The van der Waals surface area contributed by atoms with Crippen LogP contribution in [0.25, 0.3) is 0 Å². The first kappa shape index (κ1) is 9.78. The zero-order valence-corrected chi connectivity index (χ0v) is 8.79. The molecule has 0 spiro atoms. The molecule has 1 unspecified atom stereocenters. The Morgan fingerprint density at radius 3 is 3.14 bits per heavy atom. The molecule has 1 aliphatic carbocycles. The van der Waals surface area contributed by atoms with Crippen LogP contribution in [0.3, 0.4) is 0 Å². The van der Waals surface area contributed by atoms with Gasteiger partial charge >= 0.3 is 0 Å². The summed E-state index contributed by atoms with van der Waals surface area (Å²) in [5.41, 5.74) is 1.44. The van der Waals surface area contributed by atoms with E-state index in [4.69, 9.17) is 9.47 Å². The SMILES string of the molecule is CCCC1=CCCC(OCC2CO2)=C1. The van der Waals surface area contributed by atoms with Crippen LogP contribution in [0, 0.1) is 0 Å². The molecule has 0 N–H and O–H groups in total. The average molecular weight is 194 g/mol.